The highest BCUT2D eigenvalue weighted by molar-refractivity contribution is 7.89. The minimum absolute atomic E-state index is 0.131. The summed E-state index contributed by atoms with van der Waals surface area (Å²) in [6.07, 6.45) is 0.915. The van der Waals surface area contributed by atoms with Crippen LogP contribution in [0.15, 0.2) is 53.4 Å². The van der Waals surface area contributed by atoms with Crippen LogP contribution in [0.4, 0.5) is 4.39 Å². The van der Waals surface area contributed by atoms with E-state index in [-0.39, 0.29) is 22.5 Å². The number of amides is 1. The Morgan fingerprint density at radius 2 is 1.64 bits per heavy atom. The zero-order valence-corrected chi connectivity index (χ0v) is 17.2. The Kier molecular flexibility index (Phi) is 7.71. The molecular formula is C21H27FN2O3S. The number of nitrogens with one attached hydrogen (secondary N) is 2. The molecule has 0 saturated carbocycles. The van der Waals surface area contributed by atoms with Crippen molar-refractivity contribution in [3.8, 4) is 0 Å². The van der Waals surface area contributed by atoms with Crippen LogP contribution in [0.25, 0.3) is 0 Å². The van der Waals surface area contributed by atoms with Crippen LogP contribution in [-0.4, -0.2) is 26.9 Å². The number of aryl methyl sites for hydroxylation is 1. The van der Waals surface area contributed by atoms with Gasteiger partial charge in [0.2, 0.25) is 15.9 Å². The van der Waals surface area contributed by atoms with Gasteiger partial charge in [0.05, 0.1) is 4.90 Å². The number of halogens is 1. The molecule has 28 heavy (non-hydrogen) atoms. The number of carbonyl (C=O) groups is 1. The minimum Gasteiger partial charge on any atom is -0.354 e. The van der Waals surface area contributed by atoms with Crippen molar-refractivity contribution in [3.05, 3.63) is 65.5 Å². The topological polar surface area (TPSA) is 75.3 Å². The van der Waals surface area contributed by atoms with Crippen LogP contribution in [0, 0.1) is 18.7 Å². The van der Waals surface area contributed by atoms with Crippen LogP contribution in [0.3, 0.4) is 0 Å². The Morgan fingerprint density at radius 1 is 1.04 bits per heavy atom. The highest BCUT2D eigenvalue weighted by atomic mass is 32.2. The van der Waals surface area contributed by atoms with Crippen molar-refractivity contribution in [1.82, 2.24) is 10.0 Å². The lowest BCUT2D eigenvalue weighted by Gasteiger charge is -2.20. The van der Waals surface area contributed by atoms with Gasteiger partial charge < -0.3 is 5.32 Å². The lowest BCUT2D eigenvalue weighted by Crippen LogP contribution is -2.47. The van der Waals surface area contributed by atoms with Gasteiger partial charge in [-0.3, -0.25) is 4.79 Å². The van der Waals surface area contributed by atoms with Gasteiger partial charge in [0.1, 0.15) is 11.9 Å². The molecule has 0 bridgehead atoms. The van der Waals surface area contributed by atoms with E-state index in [1.54, 1.807) is 24.3 Å². The van der Waals surface area contributed by atoms with Crippen LogP contribution >= 0.6 is 0 Å². The lowest BCUT2D eigenvalue weighted by atomic mass is 10.0. The first-order valence-corrected chi connectivity index (χ1v) is 10.8. The summed E-state index contributed by atoms with van der Waals surface area (Å²) in [5.74, 6) is -0.546. The second-order valence-corrected chi connectivity index (χ2v) is 9.00. The standard InChI is InChI=1S/C21H27FN2O3S/c1-15(2)14-20(24-28(26,27)19-10-4-16(3)5-11-19)21(25)23-13-12-17-6-8-18(22)9-7-17/h4-11,15,20,24H,12-14H2,1-3H3,(H,23,25)/t20-/m0/s1. The molecule has 0 spiro atoms. The van der Waals surface area contributed by atoms with Crippen molar-refractivity contribution >= 4 is 15.9 Å². The Labute approximate surface area is 166 Å². The third-order valence-electron chi connectivity index (χ3n) is 4.28. The molecule has 0 saturated heterocycles. The zero-order valence-electron chi connectivity index (χ0n) is 16.4. The molecule has 0 aliphatic heterocycles. The van der Waals surface area contributed by atoms with Crippen molar-refractivity contribution in [2.45, 2.75) is 44.6 Å². The molecule has 1 atom stereocenters. The number of hydrogen-bond donors (Lipinski definition) is 2. The number of rotatable bonds is 9. The normalized spacial score (nSPS) is 12.8. The smallest absolute Gasteiger partial charge is 0.241 e. The molecule has 2 aromatic carbocycles. The van der Waals surface area contributed by atoms with Crippen LogP contribution in [0.5, 0.6) is 0 Å². The summed E-state index contributed by atoms with van der Waals surface area (Å²) in [7, 11) is -3.80. The molecule has 2 aromatic rings. The van der Waals surface area contributed by atoms with Gasteiger partial charge in [-0.15, -0.1) is 0 Å². The van der Waals surface area contributed by atoms with Crippen LogP contribution < -0.4 is 10.0 Å². The maximum absolute atomic E-state index is 12.9. The average Bonchev–Trinajstić information content (AvgIpc) is 2.62. The molecule has 2 rings (SSSR count). The molecule has 0 aromatic heterocycles. The Hall–Kier alpha value is -2.25. The third kappa shape index (κ3) is 6.73. The van der Waals surface area contributed by atoms with Gasteiger partial charge in [0.15, 0.2) is 0 Å². The lowest BCUT2D eigenvalue weighted by molar-refractivity contribution is -0.123. The van der Waals surface area contributed by atoms with Crippen molar-refractivity contribution in [2.24, 2.45) is 5.92 Å². The first-order valence-electron chi connectivity index (χ1n) is 9.28. The first kappa shape index (κ1) is 22.0. The fraction of sp³-hybridized carbons (Fsp3) is 0.381. The predicted octanol–water partition coefficient (Wildman–Crippen LogP) is 3.19. The van der Waals surface area contributed by atoms with E-state index in [2.05, 4.69) is 10.0 Å². The van der Waals surface area contributed by atoms with Gasteiger partial charge in [0.25, 0.3) is 0 Å². The number of carbonyl (C=O) groups excluding carboxylic acids is 1. The average molecular weight is 407 g/mol. The second-order valence-electron chi connectivity index (χ2n) is 7.28. The Morgan fingerprint density at radius 3 is 2.21 bits per heavy atom. The van der Waals surface area contributed by atoms with Gasteiger partial charge >= 0.3 is 0 Å². The van der Waals surface area contributed by atoms with Gasteiger partial charge in [0, 0.05) is 6.54 Å². The Balaban J connectivity index is 2.01. The summed E-state index contributed by atoms with van der Waals surface area (Å²) in [5.41, 5.74) is 1.85. The van der Waals surface area contributed by atoms with Crippen molar-refractivity contribution in [2.75, 3.05) is 6.54 Å². The first-order chi connectivity index (χ1) is 13.2. The van der Waals surface area contributed by atoms with Gasteiger partial charge in [-0.05, 0) is 55.5 Å². The van der Waals surface area contributed by atoms with Gasteiger partial charge in [-0.25, -0.2) is 12.8 Å². The molecule has 2 N–H and O–H groups in total. The monoisotopic (exact) mass is 406 g/mol. The summed E-state index contributed by atoms with van der Waals surface area (Å²) in [6, 6.07) is 11.7. The highest BCUT2D eigenvalue weighted by Crippen LogP contribution is 2.13. The Bertz CT molecular complexity index is 879. The summed E-state index contributed by atoms with van der Waals surface area (Å²) in [6.45, 7) is 6.07. The molecule has 5 nitrogen and oxygen atoms in total. The quantitative estimate of drug-likeness (QED) is 0.672. The summed E-state index contributed by atoms with van der Waals surface area (Å²) in [4.78, 5) is 12.7. The third-order valence-corrected chi connectivity index (χ3v) is 5.77. The van der Waals surface area contributed by atoms with E-state index < -0.39 is 16.1 Å². The molecule has 0 fully saturated rings. The molecular weight excluding hydrogens is 379 g/mol. The number of sulfonamides is 1. The summed E-state index contributed by atoms with van der Waals surface area (Å²) < 4.78 is 40.8. The van der Waals surface area contributed by atoms with E-state index in [1.807, 2.05) is 20.8 Å². The summed E-state index contributed by atoms with van der Waals surface area (Å²) in [5, 5.41) is 2.77. The van der Waals surface area contributed by atoms with E-state index in [9.17, 15) is 17.6 Å². The maximum Gasteiger partial charge on any atom is 0.241 e. The summed E-state index contributed by atoms with van der Waals surface area (Å²) >= 11 is 0. The SMILES string of the molecule is Cc1ccc(S(=O)(=O)N[C@@H](CC(C)C)C(=O)NCCc2ccc(F)cc2)cc1. The van der Waals surface area contributed by atoms with E-state index in [4.69, 9.17) is 0 Å². The molecule has 0 aliphatic carbocycles. The van der Waals surface area contributed by atoms with Gasteiger partial charge in [-0.1, -0.05) is 43.7 Å². The predicted molar refractivity (Wildman–Crippen MR) is 108 cm³/mol. The minimum atomic E-state index is -3.80. The molecule has 0 heterocycles. The van der Waals surface area contributed by atoms with E-state index >= 15 is 0 Å². The molecule has 152 valence electrons. The van der Waals surface area contributed by atoms with Crippen LogP contribution in [-0.2, 0) is 21.2 Å². The van der Waals surface area contributed by atoms with Gasteiger partial charge in [-0.2, -0.15) is 4.72 Å². The van der Waals surface area contributed by atoms with E-state index in [0.29, 0.717) is 19.4 Å². The highest BCUT2D eigenvalue weighted by Gasteiger charge is 2.26. The zero-order chi connectivity index (χ0) is 20.7. The fourth-order valence-electron chi connectivity index (χ4n) is 2.76. The number of hydrogen-bond acceptors (Lipinski definition) is 3. The number of benzene rings is 2. The fourth-order valence-corrected chi connectivity index (χ4v) is 3.97. The molecule has 0 unspecified atom stereocenters. The van der Waals surface area contributed by atoms with Crippen molar-refractivity contribution in [1.29, 1.82) is 0 Å². The largest absolute Gasteiger partial charge is 0.354 e. The molecule has 7 heteroatoms. The maximum atomic E-state index is 12.9. The molecule has 0 radical (unpaired) electrons. The molecule has 1 amide bonds. The van der Waals surface area contributed by atoms with Crippen molar-refractivity contribution in [3.63, 3.8) is 0 Å². The van der Waals surface area contributed by atoms with Crippen LogP contribution in [0.2, 0.25) is 0 Å². The van der Waals surface area contributed by atoms with E-state index in [0.717, 1.165) is 11.1 Å². The van der Waals surface area contributed by atoms with Crippen LogP contribution in [0.1, 0.15) is 31.4 Å². The second kappa shape index (κ2) is 9.80. The molecule has 0 aliphatic rings. The van der Waals surface area contributed by atoms with E-state index in [1.165, 1.54) is 24.3 Å². The van der Waals surface area contributed by atoms with Crippen molar-refractivity contribution < 1.29 is 17.6 Å².